The Labute approximate surface area is 105 Å². The summed E-state index contributed by atoms with van der Waals surface area (Å²) in [5, 5.41) is 9.91. The number of rotatable bonds is 6. The molecule has 0 bridgehead atoms. The second-order valence-electron chi connectivity index (χ2n) is 3.77. The van der Waals surface area contributed by atoms with E-state index in [2.05, 4.69) is 4.98 Å². The number of aromatic nitrogens is 1. The van der Waals surface area contributed by atoms with Gasteiger partial charge in [0.05, 0.1) is 14.2 Å². The molecule has 0 radical (unpaired) electrons. The number of ether oxygens (including phenoxy) is 2. The highest BCUT2D eigenvalue weighted by Crippen LogP contribution is 2.35. The number of H-pyrrole nitrogens is 1. The molecule has 18 heavy (non-hydrogen) atoms. The molecule has 0 unspecified atom stereocenters. The van der Waals surface area contributed by atoms with E-state index in [1.54, 1.807) is 0 Å². The summed E-state index contributed by atoms with van der Waals surface area (Å²) >= 11 is 0. The molecule has 0 aromatic carbocycles. The van der Waals surface area contributed by atoms with Gasteiger partial charge in [0.2, 0.25) is 11.6 Å². The summed E-state index contributed by atoms with van der Waals surface area (Å²) in [6.07, 6.45) is 1.70. The van der Waals surface area contributed by atoms with Gasteiger partial charge in [-0.05, 0) is 6.42 Å². The van der Waals surface area contributed by atoms with Crippen LogP contribution in [0.3, 0.4) is 0 Å². The molecule has 6 nitrogen and oxygen atoms in total. The standard InChI is InChI=1S/C12H17NO5/c1-4-5-6-7(14)8-9(15)10(17-2)12(18-3)13-11(8)16/h4-6H2,1-3H3,(H2,13,15,16). The molecule has 1 aromatic rings. The van der Waals surface area contributed by atoms with E-state index < -0.39 is 17.1 Å². The number of methoxy groups -OCH3 is 2. The van der Waals surface area contributed by atoms with Gasteiger partial charge in [0.1, 0.15) is 5.56 Å². The topological polar surface area (TPSA) is 88.6 Å². The number of carbonyl (C=O) groups excluding carboxylic acids is 1. The minimum Gasteiger partial charge on any atom is -0.503 e. The molecule has 0 aliphatic rings. The Balaban J connectivity index is 3.28. The van der Waals surface area contributed by atoms with E-state index in [1.807, 2.05) is 6.92 Å². The molecule has 0 saturated heterocycles. The van der Waals surface area contributed by atoms with E-state index >= 15 is 0 Å². The molecule has 0 aliphatic carbocycles. The molecule has 0 fully saturated rings. The van der Waals surface area contributed by atoms with Gasteiger partial charge in [-0.2, -0.15) is 0 Å². The number of hydrogen-bond acceptors (Lipinski definition) is 5. The molecular formula is C12H17NO5. The number of unbranched alkanes of at least 4 members (excludes halogenated alkanes) is 1. The van der Waals surface area contributed by atoms with Gasteiger partial charge in [-0.15, -0.1) is 0 Å². The van der Waals surface area contributed by atoms with Crippen molar-refractivity contribution < 1.29 is 19.4 Å². The molecule has 0 amide bonds. The number of ketones is 1. The average molecular weight is 255 g/mol. The van der Waals surface area contributed by atoms with Gasteiger partial charge in [0.25, 0.3) is 5.56 Å². The molecule has 1 aromatic heterocycles. The first kappa shape index (κ1) is 14.1. The fourth-order valence-electron chi connectivity index (χ4n) is 1.61. The summed E-state index contributed by atoms with van der Waals surface area (Å²) in [7, 11) is 2.64. The van der Waals surface area contributed by atoms with E-state index in [-0.39, 0.29) is 23.6 Å². The SMILES string of the molecule is CCCCC(=O)c1c(O)c(OC)c(OC)[nH]c1=O. The quantitative estimate of drug-likeness (QED) is 0.751. The number of aromatic hydroxyl groups is 1. The molecule has 100 valence electrons. The van der Waals surface area contributed by atoms with Crippen molar-refractivity contribution in [2.45, 2.75) is 26.2 Å². The van der Waals surface area contributed by atoms with Crippen LogP contribution in [0, 0.1) is 0 Å². The van der Waals surface area contributed by atoms with Crippen molar-refractivity contribution in [1.82, 2.24) is 4.98 Å². The van der Waals surface area contributed by atoms with Crippen molar-refractivity contribution in [3.05, 3.63) is 15.9 Å². The Bertz CT molecular complexity index is 492. The van der Waals surface area contributed by atoms with Crippen molar-refractivity contribution in [3.63, 3.8) is 0 Å². The fraction of sp³-hybridized carbons (Fsp3) is 0.500. The lowest BCUT2D eigenvalue weighted by Crippen LogP contribution is -2.19. The van der Waals surface area contributed by atoms with Crippen molar-refractivity contribution >= 4 is 5.78 Å². The maximum Gasteiger partial charge on any atom is 0.265 e. The number of Topliss-reactive ketones (excluding diaryl/α,β-unsaturated/α-hetero) is 1. The lowest BCUT2D eigenvalue weighted by atomic mass is 10.1. The molecule has 0 spiro atoms. The maximum atomic E-state index is 11.8. The van der Waals surface area contributed by atoms with Gasteiger partial charge >= 0.3 is 0 Å². The Morgan fingerprint density at radius 1 is 1.33 bits per heavy atom. The molecule has 0 atom stereocenters. The predicted octanol–water partition coefficient (Wildman–Crippen LogP) is 1.47. The summed E-state index contributed by atoms with van der Waals surface area (Å²) in [6, 6.07) is 0. The summed E-state index contributed by atoms with van der Waals surface area (Å²) in [6.45, 7) is 1.94. The predicted molar refractivity (Wildman–Crippen MR) is 65.7 cm³/mol. The zero-order chi connectivity index (χ0) is 13.7. The number of aromatic amines is 1. The number of pyridine rings is 1. The maximum absolute atomic E-state index is 11.8. The zero-order valence-electron chi connectivity index (χ0n) is 10.7. The summed E-state index contributed by atoms with van der Waals surface area (Å²) in [5.74, 6) is -0.931. The number of hydrogen-bond donors (Lipinski definition) is 2. The van der Waals surface area contributed by atoms with Gasteiger partial charge in [-0.25, -0.2) is 0 Å². The molecule has 1 rings (SSSR count). The monoisotopic (exact) mass is 255 g/mol. The van der Waals surface area contributed by atoms with Crippen LogP contribution in [0.5, 0.6) is 17.4 Å². The van der Waals surface area contributed by atoms with E-state index in [9.17, 15) is 14.7 Å². The van der Waals surface area contributed by atoms with Crippen LogP contribution < -0.4 is 15.0 Å². The van der Waals surface area contributed by atoms with Crippen LogP contribution in [0.2, 0.25) is 0 Å². The first-order valence-electron chi connectivity index (χ1n) is 5.67. The molecule has 0 aliphatic heterocycles. The Hall–Kier alpha value is -1.98. The van der Waals surface area contributed by atoms with Crippen LogP contribution in [-0.2, 0) is 0 Å². The van der Waals surface area contributed by atoms with Crippen LogP contribution in [0.15, 0.2) is 4.79 Å². The first-order valence-corrected chi connectivity index (χ1v) is 5.67. The lowest BCUT2D eigenvalue weighted by Gasteiger charge is -2.11. The van der Waals surface area contributed by atoms with Crippen LogP contribution >= 0.6 is 0 Å². The average Bonchev–Trinajstić information content (AvgIpc) is 2.35. The van der Waals surface area contributed by atoms with Crippen molar-refractivity contribution in [2.24, 2.45) is 0 Å². The van der Waals surface area contributed by atoms with Gasteiger partial charge in [0, 0.05) is 6.42 Å². The Kier molecular flexibility index (Phi) is 4.76. The first-order chi connectivity index (χ1) is 8.56. The van der Waals surface area contributed by atoms with Gasteiger partial charge < -0.3 is 14.6 Å². The highest BCUT2D eigenvalue weighted by atomic mass is 16.5. The zero-order valence-corrected chi connectivity index (χ0v) is 10.7. The molecule has 2 N–H and O–H groups in total. The molecule has 6 heteroatoms. The highest BCUT2D eigenvalue weighted by Gasteiger charge is 2.23. The Morgan fingerprint density at radius 3 is 2.50 bits per heavy atom. The minimum atomic E-state index is -0.675. The van der Waals surface area contributed by atoms with E-state index in [4.69, 9.17) is 9.47 Å². The van der Waals surface area contributed by atoms with Crippen molar-refractivity contribution in [2.75, 3.05) is 14.2 Å². The van der Waals surface area contributed by atoms with Crippen LogP contribution in [0.1, 0.15) is 36.5 Å². The summed E-state index contributed by atoms with van der Waals surface area (Å²) in [5.41, 5.74) is -0.952. The Morgan fingerprint density at radius 2 is 2.00 bits per heavy atom. The van der Waals surface area contributed by atoms with Gasteiger partial charge in [-0.1, -0.05) is 13.3 Å². The van der Waals surface area contributed by atoms with Crippen molar-refractivity contribution in [1.29, 1.82) is 0 Å². The number of carbonyl (C=O) groups is 1. The normalized spacial score (nSPS) is 10.2. The second kappa shape index (κ2) is 6.09. The van der Waals surface area contributed by atoms with E-state index in [0.29, 0.717) is 6.42 Å². The number of nitrogens with one attached hydrogen (secondary N) is 1. The smallest absolute Gasteiger partial charge is 0.265 e. The lowest BCUT2D eigenvalue weighted by molar-refractivity contribution is 0.0974. The third-order valence-corrected chi connectivity index (χ3v) is 2.56. The summed E-state index contributed by atoms with van der Waals surface area (Å²) < 4.78 is 9.78. The van der Waals surface area contributed by atoms with Gasteiger partial charge in [0.15, 0.2) is 11.5 Å². The highest BCUT2D eigenvalue weighted by molar-refractivity contribution is 5.99. The second-order valence-corrected chi connectivity index (χ2v) is 3.77. The van der Waals surface area contributed by atoms with Crippen LogP contribution in [0.4, 0.5) is 0 Å². The van der Waals surface area contributed by atoms with Crippen LogP contribution in [-0.4, -0.2) is 30.1 Å². The van der Waals surface area contributed by atoms with Crippen molar-refractivity contribution in [3.8, 4) is 17.4 Å². The fourth-order valence-corrected chi connectivity index (χ4v) is 1.61. The third kappa shape index (κ3) is 2.64. The molecular weight excluding hydrogens is 238 g/mol. The molecule has 1 heterocycles. The van der Waals surface area contributed by atoms with Crippen LogP contribution in [0.25, 0.3) is 0 Å². The third-order valence-electron chi connectivity index (χ3n) is 2.56. The molecule has 0 saturated carbocycles. The van der Waals surface area contributed by atoms with Gasteiger partial charge in [-0.3, -0.25) is 14.6 Å². The summed E-state index contributed by atoms with van der Waals surface area (Å²) in [4.78, 5) is 25.9. The largest absolute Gasteiger partial charge is 0.503 e. The minimum absolute atomic E-state index is 0.00737. The van der Waals surface area contributed by atoms with E-state index in [0.717, 1.165) is 6.42 Å². The van der Waals surface area contributed by atoms with E-state index in [1.165, 1.54) is 14.2 Å².